The topological polar surface area (TPSA) is 78.0 Å². The molecule has 0 aliphatic rings. The van der Waals surface area contributed by atoms with Crippen molar-refractivity contribution in [3.8, 4) is 0 Å². The van der Waals surface area contributed by atoms with E-state index in [9.17, 15) is 4.79 Å². The molecule has 1 unspecified atom stereocenters. The molecule has 118 valence electrons. The minimum absolute atomic E-state index is 0.152. The van der Waals surface area contributed by atoms with Gasteiger partial charge in [0, 0.05) is 6.54 Å². The number of nitrogens with one attached hydrogen (secondary N) is 2. The van der Waals surface area contributed by atoms with Crippen LogP contribution >= 0.6 is 0 Å². The Labute approximate surface area is 134 Å². The average Bonchev–Trinajstić information content (AvgIpc) is 2.91. The molecular formula is C18H19N3O2. The van der Waals surface area contributed by atoms with Crippen molar-refractivity contribution in [2.24, 2.45) is 0 Å². The predicted molar refractivity (Wildman–Crippen MR) is 89.9 cm³/mol. The monoisotopic (exact) mass is 309 g/mol. The highest BCUT2D eigenvalue weighted by atomic mass is 16.4. The number of amides is 1. The molecule has 0 radical (unpaired) electrons. The van der Waals surface area contributed by atoms with Gasteiger partial charge in [-0.3, -0.25) is 0 Å². The molecule has 0 fully saturated rings. The van der Waals surface area contributed by atoms with Crippen molar-refractivity contribution in [2.45, 2.75) is 19.8 Å². The largest absolute Gasteiger partial charge is 0.465 e. The summed E-state index contributed by atoms with van der Waals surface area (Å²) in [6, 6.07) is 13.9. The van der Waals surface area contributed by atoms with E-state index in [0.29, 0.717) is 0 Å². The quantitative estimate of drug-likeness (QED) is 0.689. The maximum atomic E-state index is 10.9. The highest BCUT2D eigenvalue weighted by molar-refractivity contribution is 5.77. The van der Waals surface area contributed by atoms with Crippen LogP contribution in [0.1, 0.15) is 28.4 Å². The molecule has 5 nitrogen and oxygen atoms in total. The average molecular weight is 309 g/mol. The Balaban J connectivity index is 2.03. The summed E-state index contributed by atoms with van der Waals surface area (Å²) >= 11 is 0. The van der Waals surface area contributed by atoms with Gasteiger partial charge >= 0.3 is 6.09 Å². The van der Waals surface area contributed by atoms with Gasteiger partial charge in [-0.15, -0.1) is 0 Å². The molecule has 0 aliphatic carbocycles. The molecule has 3 N–H and O–H groups in total. The Morgan fingerprint density at radius 2 is 1.91 bits per heavy atom. The van der Waals surface area contributed by atoms with E-state index in [1.807, 2.05) is 30.3 Å². The molecule has 1 heterocycles. The summed E-state index contributed by atoms with van der Waals surface area (Å²) in [6.45, 7) is 4.40. The Morgan fingerprint density at radius 3 is 2.61 bits per heavy atom. The fourth-order valence-corrected chi connectivity index (χ4v) is 2.70. The van der Waals surface area contributed by atoms with Gasteiger partial charge in [-0.2, -0.15) is 0 Å². The Morgan fingerprint density at radius 1 is 1.22 bits per heavy atom. The Hall–Kier alpha value is -2.82. The number of aromatic nitrogens is 2. The lowest BCUT2D eigenvalue weighted by Crippen LogP contribution is -2.27. The number of nitrogens with zero attached hydrogens (tertiary/aromatic N) is 1. The van der Waals surface area contributed by atoms with Crippen LogP contribution in [0.4, 0.5) is 4.79 Å². The molecule has 0 saturated heterocycles. The van der Waals surface area contributed by atoms with E-state index in [1.165, 1.54) is 11.1 Å². The first kappa shape index (κ1) is 15.1. The zero-order chi connectivity index (χ0) is 16.4. The molecular weight excluding hydrogens is 290 g/mol. The van der Waals surface area contributed by atoms with E-state index in [4.69, 9.17) is 5.11 Å². The van der Waals surface area contributed by atoms with Gasteiger partial charge in [-0.05, 0) is 42.7 Å². The number of hydrogen-bond acceptors (Lipinski definition) is 2. The van der Waals surface area contributed by atoms with Crippen LogP contribution in [0, 0.1) is 13.8 Å². The SMILES string of the molecule is Cc1cc2nc(C(CNC(=O)O)c3ccccc3)[nH]c2cc1C. The smallest absolute Gasteiger partial charge is 0.404 e. The van der Waals surface area contributed by atoms with Crippen molar-refractivity contribution in [3.63, 3.8) is 0 Å². The highest BCUT2D eigenvalue weighted by Crippen LogP contribution is 2.25. The van der Waals surface area contributed by atoms with Crippen LogP contribution in [-0.2, 0) is 0 Å². The van der Waals surface area contributed by atoms with Gasteiger partial charge in [-0.25, -0.2) is 9.78 Å². The minimum Gasteiger partial charge on any atom is -0.465 e. The maximum absolute atomic E-state index is 10.9. The van der Waals surface area contributed by atoms with Gasteiger partial charge < -0.3 is 15.4 Å². The number of benzene rings is 2. The second-order valence-corrected chi connectivity index (χ2v) is 5.72. The fraction of sp³-hybridized carbons (Fsp3) is 0.222. The molecule has 5 heteroatoms. The van der Waals surface area contributed by atoms with Crippen LogP contribution in [0.3, 0.4) is 0 Å². The normalized spacial score (nSPS) is 12.3. The number of rotatable bonds is 4. The standard InChI is InChI=1S/C18H19N3O2/c1-11-8-15-16(9-12(11)2)21-17(20-15)14(10-19-18(22)23)13-6-4-3-5-7-13/h3-9,14,19H,10H2,1-2H3,(H,20,21)(H,22,23). The van der Waals surface area contributed by atoms with E-state index >= 15 is 0 Å². The molecule has 0 bridgehead atoms. The van der Waals surface area contributed by atoms with Crippen molar-refractivity contribution in [3.05, 3.63) is 65.0 Å². The van der Waals surface area contributed by atoms with Gasteiger partial charge in [0.1, 0.15) is 5.82 Å². The summed E-state index contributed by atoms with van der Waals surface area (Å²) in [7, 11) is 0. The van der Waals surface area contributed by atoms with Gasteiger partial charge in [-0.1, -0.05) is 30.3 Å². The Kier molecular flexibility index (Phi) is 4.02. The molecule has 3 rings (SSSR count). The number of aryl methyl sites for hydroxylation is 2. The highest BCUT2D eigenvalue weighted by Gasteiger charge is 2.19. The molecule has 0 aliphatic heterocycles. The van der Waals surface area contributed by atoms with E-state index in [0.717, 1.165) is 22.4 Å². The predicted octanol–water partition coefficient (Wildman–Crippen LogP) is 3.58. The minimum atomic E-state index is -1.03. The van der Waals surface area contributed by atoms with Crippen molar-refractivity contribution in [1.29, 1.82) is 0 Å². The number of H-pyrrole nitrogens is 1. The fourth-order valence-electron chi connectivity index (χ4n) is 2.70. The number of carbonyl (C=O) groups is 1. The lowest BCUT2D eigenvalue weighted by atomic mass is 9.98. The van der Waals surface area contributed by atoms with Crippen LogP contribution < -0.4 is 5.32 Å². The third kappa shape index (κ3) is 3.18. The second kappa shape index (κ2) is 6.12. The summed E-state index contributed by atoms with van der Waals surface area (Å²) < 4.78 is 0. The zero-order valence-electron chi connectivity index (χ0n) is 13.1. The van der Waals surface area contributed by atoms with Crippen molar-refractivity contribution < 1.29 is 9.90 Å². The third-order valence-corrected chi connectivity index (χ3v) is 4.11. The van der Waals surface area contributed by atoms with E-state index in [-0.39, 0.29) is 12.5 Å². The summed E-state index contributed by atoms with van der Waals surface area (Å²) in [5, 5.41) is 11.4. The summed E-state index contributed by atoms with van der Waals surface area (Å²) in [5.74, 6) is 0.616. The lowest BCUT2D eigenvalue weighted by Gasteiger charge is -2.14. The van der Waals surface area contributed by atoms with Crippen molar-refractivity contribution >= 4 is 17.1 Å². The summed E-state index contributed by atoms with van der Waals surface area (Å²) in [6.07, 6.45) is -1.03. The third-order valence-electron chi connectivity index (χ3n) is 4.11. The van der Waals surface area contributed by atoms with E-state index < -0.39 is 6.09 Å². The first-order chi connectivity index (χ1) is 11.0. The van der Waals surface area contributed by atoms with Gasteiger partial charge in [0.25, 0.3) is 0 Å². The van der Waals surface area contributed by atoms with Gasteiger partial charge in [0.2, 0.25) is 0 Å². The van der Waals surface area contributed by atoms with E-state index in [2.05, 4.69) is 41.3 Å². The van der Waals surface area contributed by atoms with Gasteiger partial charge in [0.05, 0.1) is 17.0 Å². The van der Waals surface area contributed by atoms with Crippen LogP contribution in [0.2, 0.25) is 0 Å². The van der Waals surface area contributed by atoms with E-state index in [1.54, 1.807) is 0 Å². The molecule has 2 aromatic carbocycles. The molecule has 3 aromatic rings. The van der Waals surface area contributed by atoms with Crippen LogP contribution in [0.5, 0.6) is 0 Å². The molecule has 1 atom stereocenters. The van der Waals surface area contributed by atoms with Crippen LogP contribution in [-0.4, -0.2) is 27.7 Å². The van der Waals surface area contributed by atoms with Crippen LogP contribution in [0.25, 0.3) is 11.0 Å². The Bertz CT molecular complexity index is 801. The van der Waals surface area contributed by atoms with Gasteiger partial charge in [0.15, 0.2) is 0 Å². The summed E-state index contributed by atoms with van der Waals surface area (Å²) in [4.78, 5) is 18.9. The molecule has 0 saturated carbocycles. The molecule has 23 heavy (non-hydrogen) atoms. The summed E-state index contributed by atoms with van der Waals surface area (Å²) in [5.41, 5.74) is 5.29. The second-order valence-electron chi connectivity index (χ2n) is 5.72. The number of imidazole rings is 1. The van der Waals surface area contributed by atoms with Crippen molar-refractivity contribution in [1.82, 2.24) is 15.3 Å². The zero-order valence-corrected chi connectivity index (χ0v) is 13.1. The number of hydrogen-bond donors (Lipinski definition) is 3. The molecule has 1 aromatic heterocycles. The number of fused-ring (bicyclic) bond motifs is 1. The van der Waals surface area contributed by atoms with Crippen LogP contribution in [0.15, 0.2) is 42.5 Å². The maximum Gasteiger partial charge on any atom is 0.404 e. The number of carboxylic acid groups (broad SMARTS) is 1. The van der Waals surface area contributed by atoms with Crippen molar-refractivity contribution in [2.75, 3.05) is 6.54 Å². The number of aromatic amines is 1. The first-order valence-corrected chi connectivity index (χ1v) is 7.53. The molecule has 1 amide bonds. The first-order valence-electron chi connectivity index (χ1n) is 7.53. The lowest BCUT2D eigenvalue weighted by molar-refractivity contribution is 0.194. The molecule has 0 spiro atoms.